The van der Waals surface area contributed by atoms with Crippen molar-refractivity contribution < 1.29 is 84.0 Å². The molecule has 7 aromatic rings. The van der Waals surface area contributed by atoms with Gasteiger partial charge in [0.1, 0.15) is 40.5 Å². The fourth-order valence-electron chi connectivity index (χ4n) is 6.18. The number of carbonyl (C=O) groups excluding carboxylic acids is 1. The molecule has 23 nitrogen and oxygen atoms in total. The number of rotatable bonds is 15. The second-order valence-corrected chi connectivity index (χ2v) is 19.6. The Morgan fingerprint density at radius 3 is 1.30 bits per heavy atom. The van der Waals surface area contributed by atoms with E-state index >= 15 is 0 Å². The van der Waals surface area contributed by atoms with Gasteiger partial charge in [-0.25, -0.2) is 33.7 Å². The fraction of sp³-hybridized carbons (Fsp3) is 0. The Morgan fingerprint density at radius 1 is 0.437 bits per heavy atom. The molecule has 0 aliphatic carbocycles. The van der Waals surface area contributed by atoms with E-state index in [1.165, 1.54) is 84.9 Å². The topological polar surface area (TPSA) is 391 Å². The van der Waals surface area contributed by atoms with E-state index in [9.17, 15) is 66.9 Å². The number of fused-ring (bicyclic) bond motifs is 1. The molecule has 365 valence electrons. The van der Waals surface area contributed by atoms with Gasteiger partial charge < -0.3 is 33.2 Å². The predicted molar refractivity (Wildman–Crippen MR) is 237 cm³/mol. The Hall–Kier alpha value is -7.63. The van der Waals surface area contributed by atoms with E-state index in [2.05, 4.69) is 40.9 Å². The molecular formula is C43H24CuN8O15S4-4. The first-order valence-corrected chi connectivity index (χ1v) is 24.8. The summed E-state index contributed by atoms with van der Waals surface area (Å²) in [6.45, 7) is 0. The van der Waals surface area contributed by atoms with Crippen molar-refractivity contribution in [3.8, 4) is 5.75 Å². The van der Waals surface area contributed by atoms with Crippen LogP contribution in [0.5, 0.6) is 5.75 Å². The summed E-state index contributed by atoms with van der Waals surface area (Å²) in [5.74, 6) is -2.70. The summed E-state index contributed by atoms with van der Waals surface area (Å²) >= 11 is 0. The molecule has 0 aliphatic heterocycles. The molecular weight excluding hydrogens is 1060 g/mol. The molecule has 0 aromatic heterocycles. The Kier molecular flexibility index (Phi) is 15.7. The van der Waals surface area contributed by atoms with E-state index in [-0.39, 0.29) is 73.1 Å². The number of hydrogen-bond acceptors (Lipinski definition) is 23. The van der Waals surface area contributed by atoms with E-state index in [4.69, 9.17) is 0 Å². The van der Waals surface area contributed by atoms with Gasteiger partial charge in [0.15, 0.2) is 0 Å². The third-order valence-corrected chi connectivity index (χ3v) is 12.9. The van der Waals surface area contributed by atoms with E-state index in [0.29, 0.717) is 5.69 Å². The predicted octanol–water partition coefficient (Wildman–Crippen LogP) is 7.72. The largest absolute Gasteiger partial charge is 2.00 e. The van der Waals surface area contributed by atoms with Gasteiger partial charge in [-0.1, -0.05) is 54.3 Å². The van der Waals surface area contributed by atoms with Crippen LogP contribution in [0.4, 0.5) is 45.5 Å². The first kappa shape index (κ1) is 52.7. The van der Waals surface area contributed by atoms with Crippen LogP contribution in [-0.2, 0) is 57.5 Å². The van der Waals surface area contributed by atoms with Crippen molar-refractivity contribution in [2.75, 3.05) is 0 Å². The second-order valence-electron chi connectivity index (χ2n) is 14.2. The van der Waals surface area contributed by atoms with Crippen molar-refractivity contribution in [1.29, 1.82) is 0 Å². The minimum atomic E-state index is -5.38. The number of carboxylic acid groups (broad SMARTS) is 1. The van der Waals surface area contributed by atoms with Crippen LogP contribution >= 0.6 is 0 Å². The Balaban J connectivity index is 0.00000825. The van der Waals surface area contributed by atoms with Crippen LogP contribution < -0.4 is 10.2 Å². The van der Waals surface area contributed by atoms with Crippen LogP contribution in [0.25, 0.3) is 22.9 Å². The number of azo groups is 4. The van der Waals surface area contributed by atoms with Crippen molar-refractivity contribution in [3.63, 3.8) is 0 Å². The van der Waals surface area contributed by atoms with Crippen molar-refractivity contribution in [1.82, 2.24) is 0 Å². The summed E-state index contributed by atoms with van der Waals surface area (Å²) in [7, 11) is -20.4. The first-order chi connectivity index (χ1) is 32.9. The van der Waals surface area contributed by atoms with Gasteiger partial charge in [-0.3, -0.25) is 0 Å². The van der Waals surface area contributed by atoms with Gasteiger partial charge >= 0.3 is 17.1 Å². The quantitative estimate of drug-likeness (QED) is 0.0410. The number of nitrogens with zero attached hydrogens (tertiary/aromatic N) is 8. The smallest absolute Gasteiger partial charge is 0.871 e. The van der Waals surface area contributed by atoms with Crippen LogP contribution in [-0.4, -0.2) is 57.9 Å². The van der Waals surface area contributed by atoms with E-state index in [0.717, 1.165) is 60.7 Å². The van der Waals surface area contributed by atoms with Gasteiger partial charge in [-0.15, -0.1) is 10.2 Å². The van der Waals surface area contributed by atoms with Crippen molar-refractivity contribution in [2.45, 2.75) is 19.6 Å². The van der Waals surface area contributed by atoms with Gasteiger partial charge in [0, 0.05) is 5.56 Å². The van der Waals surface area contributed by atoms with Gasteiger partial charge in [0.2, 0.25) is 0 Å². The van der Waals surface area contributed by atoms with Gasteiger partial charge in [-0.2, -0.15) is 30.7 Å². The minimum Gasteiger partial charge on any atom is -0.871 e. The number of carboxylic acids is 1. The summed E-state index contributed by atoms with van der Waals surface area (Å²) < 4.78 is 144. The molecule has 0 atom stereocenters. The molecule has 71 heavy (non-hydrogen) atoms. The van der Waals surface area contributed by atoms with Crippen molar-refractivity contribution in [3.05, 3.63) is 150 Å². The van der Waals surface area contributed by atoms with E-state index in [1.807, 2.05) is 0 Å². The zero-order chi connectivity index (χ0) is 50.6. The van der Waals surface area contributed by atoms with Crippen LogP contribution in [0, 0.1) is 0 Å². The third kappa shape index (κ3) is 13.2. The normalized spacial score (nSPS) is 12.7. The second kappa shape index (κ2) is 21.2. The van der Waals surface area contributed by atoms with Crippen LogP contribution in [0.3, 0.4) is 0 Å². The fourth-order valence-corrected chi connectivity index (χ4v) is 8.67. The maximum Gasteiger partial charge on any atom is 2.00 e. The number of benzene rings is 7. The first-order valence-electron chi connectivity index (χ1n) is 19.2. The molecule has 0 unspecified atom stereocenters. The molecule has 7 aromatic carbocycles. The molecule has 0 fully saturated rings. The molecule has 0 spiro atoms. The SMILES string of the molecule is O=C([O-])c1ccccc1N=Nc1c(S(=O)(=O)[O-])cc2cc(N=Nc3ccc(/C=C/c4ccc(N=Nc5ccc(N=Nc6ccc(S(=O)(=O)[O-])cc6)cc5)cc4S(=O)(=O)[O-])c(S(=O)(=O)[O-])c3)ccc2c1[O-].[Cu+2]. The number of aromatic carboxylic acids is 1. The molecule has 0 saturated carbocycles. The summed E-state index contributed by atoms with van der Waals surface area (Å²) in [6, 6.07) is 26.8. The molecule has 28 heteroatoms. The number of hydrogen-bond donors (Lipinski definition) is 0. The molecule has 0 amide bonds. The maximum atomic E-state index is 13.4. The Labute approximate surface area is 412 Å². The Morgan fingerprint density at radius 2 is 0.845 bits per heavy atom. The third-order valence-electron chi connectivity index (χ3n) is 9.46. The Bertz CT molecular complexity index is 3870. The number of carbonyl (C=O) groups is 1. The van der Waals surface area contributed by atoms with Crippen LogP contribution in [0.2, 0.25) is 0 Å². The van der Waals surface area contributed by atoms with E-state index < -0.39 is 83.0 Å². The van der Waals surface area contributed by atoms with Crippen LogP contribution in [0.1, 0.15) is 21.5 Å². The molecule has 0 N–H and O–H groups in total. The molecule has 0 heterocycles. The van der Waals surface area contributed by atoms with Crippen molar-refractivity contribution >= 4 is 115 Å². The van der Waals surface area contributed by atoms with E-state index in [1.54, 1.807) is 0 Å². The molecule has 1 radical (unpaired) electrons. The molecule has 0 bridgehead atoms. The molecule has 7 rings (SSSR count). The van der Waals surface area contributed by atoms with Crippen LogP contribution in [0.15, 0.2) is 194 Å². The maximum absolute atomic E-state index is 13.4. The zero-order valence-electron chi connectivity index (χ0n) is 35.0. The van der Waals surface area contributed by atoms with Gasteiger partial charge in [0.25, 0.3) is 0 Å². The molecule has 0 aliphatic rings. The monoisotopic (exact) mass is 1080 g/mol. The standard InChI is InChI=1S/C43H30N8O15S4.Cu/c52-42-35-20-17-31(21-27(35)22-40(70(64,65)66)41(42)51-50-37-4-2-1-3-36(37)43(53)54)47-49-33-10-8-26(39(24-33)69(61,62)63)6-5-25-7-9-32(23-38(25)68(58,59)60)48-46-29-13-11-28(12-14-29)44-45-30-15-18-34(19-16-30)67(55,56)57;/h1-24,52H,(H,53,54)(H,55,56,57)(H,58,59,60)(H,61,62,63)(H,64,65,66);/q;+2/p-6/b6-5+,45-44?,48-46?,49-47?,51-50?;. The zero-order valence-corrected chi connectivity index (χ0v) is 39.2. The summed E-state index contributed by atoms with van der Waals surface area (Å²) in [4.78, 5) is 8.33. The van der Waals surface area contributed by atoms with Gasteiger partial charge in [-0.05, 0) is 119 Å². The summed E-state index contributed by atoms with van der Waals surface area (Å²) in [5, 5.41) is 55.6. The van der Waals surface area contributed by atoms with Crippen molar-refractivity contribution in [2.24, 2.45) is 40.9 Å². The average Bonchev–Trinajstić information content (AvgIpc) is 3.30. The summed E-state index contributed by atoms with van der Waals surface area (Å²) in [6.07, 6.45) is 2.13. The minimum absolute atomic E-state index is 0. The summed E-state index contributed by atoms with van der Waals surface area (Å²) in [5.41, 5.74) is -1.52. The molecule has 0 saturated heterocycles. The van der Waals surface area contributed by atoms with Gasteiger partial charge in [0.05, 0.1) is 71.1 Å². The average molecular weight is 1080 g/mol.